The quantitative estimate of drug-likeness (QED) is 0.631. The van der Waals surface area contributed by atoms with Gasteiger partial charge >= 0.3 is 0 Å². The Kier molecular flexibility index (Phi) is 2.78. The van der Waals surface area contributed by atoms with E-state index >= 15 is 0 Å². The van der Waals surface area contributed by atoms with Crippen molar-refractivity contribution in [1.82, 2.24) is 4.31 Å². The molecule has 1 aliphatic rings. The fourth-order valence-electron chi connectivity index (χ4n) is 1.11. The van der Waals surface area contributed by atoms with E-state index in [4.69, 9.17) is 11.6 Å². The molecule has 0 bridgehead atoms. The van der Waals surface area contributed by atoms with Crippen LogP contribution in [0.1, 0.15) is 19.8 Å². The maximum Gasteiger partial charge on any atom is 0.228 e. The van der Waals surface area contributed by atoms with Crippen LogP contribution in [0.15, 0.2) is 0 Å². The molecule has 3 nitrogen and oxygen atoms in total. The summed E-state index contributed by atoms with van der Waals surface area (Å²) in [5.74, 6) is 0. The van der Waals surface area contributed by atoms with E-state index in [-0.39, 0.29) is 11.3 Å². The second-order valence-electron chi connectivity index (χ2n) is 2.66. The van der Waals surface area contributed by atoms with Crippen LogP contribution in [0.3, 0.4) is 0 Å². The van der Waals surface area contributed by atoms with Crippen LogP contribution in [0.25, 0.3) is 0 Å². The molecule has 0 saturated heterocycles. The van der Waals surface area contributed by atoms with E-state index in [1.165, 1.54) is 4.31 Å². The fourth-order valence-corrected chi connectivity index (χ4v) is 2.67. The highest BCUT2D eigenvalue weighted by atomic mass is 35.5. The smallest absolute Gasteiger partial charge is 0.211 e. The summed E-state index contributed by atoms with van der Waals surface area (Å²) in [6.07, 6.45) is 1.98. The molecule has 1 saturated carbocycles. The summed E-state index contributed by atoms with van der Waals surface area (Å²) in [6, 6.07) is 0.240. The first-order valence-corrected chi connectivity index (χ1v) is 5.81. The first-order valence-electron chi connectivity index (χ1n) is 3.67. The molecule has 0 aromatic heterocycles. The summed E-state index contributed by atoms with van der Waals surface area (Å²) < 4.78 is 23.9. The fraction of sp³-hybridized carbons (Fsp3) is 1.00. The van der Waals surface area contributed by atoms with Gasteiger partial charge in [0.05, 0.1) is 0 Å². The monoisotopic (exact) mass is 197 g/mol. The Morgan fingerprint density at radius 3 is 2.36 bits per heavy atom. The summed E-state index contributed by atoms with van der Waals surface area (Å²) in [6.45, 7) is 2.38. The third kappa shape index (κ3) is 2.07. The van der Waals surface area contributed by atoms with Gasteiger partial charge in [-0.1, -0.05) is 6.92 Å². The van der Waals surface area contributed by atoms with Crippen molar-refractivity contribution >= 4 is 21.6 Å². The number of rotatable bonds is 4. The summed E-state index contributed by atoms with van der Waals surface area (Å²) in [5, 5.41) is -0.294. The molecule has 1 aliphatic carbocycles. The third-order valence-corrected chi connectivity index (χ3v) is 4.13. The lowest BCUT2D eigenvalue weighted by atomic mass is 10.6. The molecule has 0 unspecified atom stereocenters. The van der Waals surface area contributed by atoms with E-state index in [0.29, 0.717) is 6.54 Å². The first kappa shape index (κ1) is 9.29. The van der Waals surface area contributed by atoms with Crippen LogP contribution in [-0.2, 0) is 10.0 Å². The molecule has 1 rings (SSSR count). The van der Waals surface area contributed by atoms with Crippen molar-refractivity contribution in [3.63, 3.8) is 0 Å². The lowest BCUT2D eigenvalue weighted by Crippen LogP contribution is -2.33. The molecule has 1 fully saturated rings. The van der Waals surface area contributed by atoms with Gasteiger partial charge in [0.15, 0.2) is 0 Å². The van der Waals surface area contributed by atoms with Gasteiger partial charge in [0.25, 0.3) is 0 Å². The van der Waals surface area contributed by atoms with Crippen LogP contribution >= 0.6 is 11.6 Å². The maximum absolute atomic E-state index is 11.2. The van der Waals surface area contributed by atoms with Gasteiger partial charge in [0.1, 0.15) is 5.21 Å². The van der Waals surface area contributed by atoms with Crippen molar-refractivity contribution in [3.05, 3.63) is 0 Å². The zero-order valence-electron chi connectivity index (χ0n) is 6.46. The largest absolute Gasteiger partial charge is 0.228 e. The van der Waals surface area contributed by atoms with Crippen molar-refractivity contribution in [2.45, 2.75) is 25.8 Å². The van der Waals surface area contributed by atoms with Gasteiger partial charge in [-0.05, 0) is 12.8 Å². The molecule has 11 heavy (non-hydrogen) atoms. The average molecular weight is 198 g/mol. The van der Waals surface area contributed by atoms with E-state index in [2.05, 4.69) is 0 Å². The highest BCUT2D eigenvalue weighted by Gasteiger charge is 2.35. The normalized spacial score (nSPS) is 19.2. The summed E-state index contributed by atoms with van der Waals surface area (Å²) in [4.78, 5) is 0. The predicted octanol–water partition coefficient (Wildman–Crippen LogP) is 0.997. The van der Waals surface area contributed by atoms with E-state index < -0.39 is 10.0 Å². The van der Waals surface area contributed by atoms with Crippen LogP contribution < -0.4 is 0 Å². The molecule has 5 heteroatoms. The van der Waals surface area contributed by atoms with Crippen LogP contribution in [0.5, 0.6) is 0 Å². The van der Waals surface area contributed by atoms with Gasteiger partial charge in [-0.25, -0.2) is 8.42 Å². The molecule has 0 spiro atoms. The number of hydrogen-bond donors (Lipinski definition) is 0. The van der Waals surface area contributed by atoms with E-state index in [1.807, 2.05) is 6.92 Å². The minimum absolute atomic E-state index is 0.240. The van der Waals surface area contributed by atoms with Crippen LogP contribution in [0, 0.1) is 0 Å². The zero-order valence-corrected chi connectivity index (χ0v) is 8.03. The number of halogens is 1. The number of sulfonamides is 1. The van der Waals surface area contributed by atoms with Gasteiger partial charge in [0, 0.05) is 12.6 Å². The van der Waals surface area contributed by atoms with Gasteiger partial charge in [-0.15, -0.1) is 11.6 Å². The molecule has 0 aromatic rings. The Labute approximate surface area is 72.4 Å². The SMILES string of the molecule is CCN(C1CC1)S(=O)(=O)CCl. The van der Waals surface area contributed by atoms with Crippen LogP contribution in [-0.4, -0.2) is 30.5 Å². The van der Waals surface area contributed by atoms with E-state index in [1.54, 1.807) is 0 Å². The number of alkyl halides is 1. The zero-order chi connectivity index (χ0) is 8.48. The molecule has 0 aliphatic heterocycles. The second kappa shape index (κ2) is 3.29. The van der Waals surface area contributed by atoms with Crippen molar-refractivity contribution in [1.29, 1.82) is 0 Å². The lowest BCUT2D eigenvalue weighted by Gasteiger charge is -2.17. The van der Waals surface area contributed by atoms with Crippen LogP contribution in [0.4, 0.5) is 0 Å². The molecule has 0 radical (unpaired) electrons. The molecule has 0 aromatic carbocycles. The molecular formula is C6H12ClNO2S. The van der Waals surface area contributed by atoms with E-state index in [9.17, 15) is 8.42 Å². The minimum atomic E-state index is -3.15. The Morgan fingerprint density at radius 1 is 1.55 bits per heavy atom. The average Bonchev–Trinajstić information content (AvgIpc) is 2.73. The molecule has 0 amide bonds. The first-order chi connectivity index (χ1) is 5.11. The molecular weight excluding hydrogens is 186 g/mol. The maximum atomic E-state index is 11.2. The Morgan fingerprint density at radius 2 is 2.09 bits per heavy atom. The van der Waals surface area contributed by atoms with Crippen molar-refractivity contribution < 1.29 is 8.42 Å². The highest BCUT2D eigenvalue weighted by molar-refractivity contribution is 7.90. The van der Waals surface area contributed by atoms with Gasteiger partial charge in [-0.3, -0.25) is 0 Å². The Bertz CT molecular complexity index is 223. The van der Waals surface area contributed by atoms with Crippen LogP contribution in [0.2, 0.25) is 0 Å². The molecule has 0 heterocycles. The minimum Gasteiger partial charge on any atom is -0.211 e. The van der Waals surface area contributed by atoms with Crippen molar-refractivity contribution in [2.24, 2.45) is 0 Å². The standard InChI is InChI=1S/C6H12ClNO2S/c1-2-8(6-3-4-6)11(9,10)5-7/h6H,2-5H2,1H3. The number of hydrogen-bond acceptors (Lipinski definition) is 2. The summed E-state index contributed by atoms with van der Waals surface area (Å²) >= 11 is 5.31. The third-order valence-electron chi connectivity index (χ3n) is 1.76. The van der Waals surface area contributed by atoms with Gasteiger partial charge in [0.2, 0.25) is 10.0 Å². The highest BCUT2D eigenvalue weighted by Crippen LogP contribution is 2.29. The second-order valence-corrected chi connectivity index (χ2v) is 5.16. The summed E-state index contributed by atoms with van der Waals surface area (Å²) in [5.41, 5.74) is 0. The predicted molar refractivity (Wildman–Crippen MR) is 45.0 cm³/mol. The van der Waals surface area contributed by atoms with Gasteiger partial charge in [-0.2, -0.15) is 4.31 Å². The summed E-state index contributed by atoms with van der Waals surface area (Å²) in [7, 11) is -3.15. The van der Waals surface area contributed by atoms with Crippen molar-refractivity contribution in [3.8, 4) is 0 Å². The lowest BCUT2D eigenvalue weighted by molar-refractivity contribution is 0.424. The Balaban J connectivity index is 2.67. The molecule has 0 N–H and O–H groups in total. The molecule has 0 atom stereocenters. The topological polar surface area (TPSA) is 37.4 Å². The molecule has 66 valence electrons. The Hall–Kier alpha value is 0.200. The van der Waals surface area contributed by atoms with Gasteiger partial charge < -0.3 is 0 Å². The van der Waals surface area contributed by atoms with E-state index in [0.717, 1.165) is 12.8 Å². The van der Waals surface area contributed by atoms with Crippen molar-refractivity contribution in [2.75, 3.05) is 11.8 Å². The number of nitrogens with zero attached hydrogens (tertiary/aromatic N) is 1.